The Hall–Kier alpha value is -0.910. The average molecular weight is 331 g/mol. The van der Waals surface area contributed by atoms with E-state index in [9.17, 15) is 4.79 Å². The molecule has 0 spiro atoms. The quantitative estimate of drug-likeness (QED) is 0.814. The molecular weight excluding hydrogens is 308 g/mol. The van der Waals surface area contributed by atoms with Gasteiger partial charge < -0.3 is 15.4 Å². The van der Waals surface area contributed by atoms with Crippen molar-refractivity contribution < 1.29 is 9.53 Å². The van der Waals surface area contributed by atoms with Gasteiger partial charge in [-0.05, 0) is 44.5 Å². The number of piperidine rings is 1. The maximum Gasteiger partial charge on any atom is 0.230 e. The molecule has 0 radical (unpaired) electrons. The number of halogens is 1. The Morgan fingerprint density at radius 1 is 1.52 bits per heavy atom. The van der Waals surface area contributed by atoms with Crippen molar-refractivity contribution >= 4 is 30.1 Å². The van der Waals surface area contributed by atoms with Crippen molar-refractivity contribution in [2.45, 2.75) is 36.7 Å². The van der Waals surface area contributed by atoms with Gasteiger partial charge in [-0.2, -0.15) is 0 Å². The fourth-order valence-corrected chi connectivity index (χ4v) is 3.13. The molecule has 2 atom stereocenters. The van der Waals surface area contributed by atoms with Crippen LogP contribution in [0.25, 0.3) is 0 Å². The molecule has 1 amide bonds. The average Bonchev–Trinajstić information content (AvgIpc) is 2.45. The summed E-state index contributed by atoms with van der Waals surface area (Å²) in [6.07, 6.45) is 2.02. The number of hydrogen-bond donors (Lipinski definition) is 2. The number of benzene rings is 1. The molecule has 118 valence electrons. The summed E-state index contributed by atoms with van der Waals surface area (Å²) < 4.78 is 5.17. The van der Waals surface area contributed by atoms with Crippen LogP contribution in [-0.2, 0) is 4.79 Å². The van der Waals surface area contributed by atoms with Crippen molar-refractivity contribution in [3.63, 3.8) is 0 Å². The summed E-state index contributed by atoms with van der Waals surface area (Å²) in [5.41, 5.74) is 0. The molecule has 2 N–H and O–H groups in total. The monoisotopic (exact) mass is 330 g/mol. The summed E-state index contributed by atoms with van der Waals surface area (Å²) in [6.45, 7) is 3.14. The lowest BCUT2D eigenvalue weighted by atomic mass is 10.0. The molecule has 1 aromatic rings. The first-order chi connectivity index (χ1) is 9.67. The highest BCUT2D eigenvalue weighted by Crippen LogP contribution is 2.22. The maximum absolute atomic E-state index is 12.0. The third-order valence-electron chi connectivity index (χ3n) is 3.40. The number of amides is 1. The van der Waals surface area contributed by atoms with Gasteiger partial charge in [0.2, 0.25) is 5.91 Å². The highest BCUT2D eigenvalue weighted by Gasteiger charge is 2.19. The smallest absolute Gasteiger partial charge is 0.230 e. The van der Waals surface area contributed by atoms with E-state index in [2.05, 4.69) is 17.6 Å². The topological polar surface area (TPSA) is 50.4 Å². The molecule has 1 aliphatic rings. The number of carbonyl (C=O) groups excluding carboxylic acids is 1. The second-order valence-electron chi connectivity index (χ2n) is 5.11. The second kappa shape index (κ2) is 9.18. The van der Waals surface area contributed by atoms with Gasteiger partial charge in [0.1, 0.15) is 5.75 Å². The minimum Gasteiger partial charge on any atom is -0.497 e. The molecule has 0 aliphatic carbocycles. The summed E-state index contributed by atoms with van der Waals surface area (Å²) in [5, 5.41) is 6.50. The molecule has 1 aromatic carbocycles. The molecule has 1 fully saturated rings. The number of methoxy groups -OCH3 is 1. The number of thioether (sulfide) groups is 1. The number of ether oxygens (including phenoxy) is 1. The lowest BCUT2D eigenvalue weighted by molar-refractivity contribution is -0.119. The summed E-state index contributed by atoms with van der Waals surface area (Å²) in [5.74, 6) is 1.38. The molecular formula is C15H23ClN2O2S. The van der Waals surface area contributed by atoms with E-state index in [0.29, 0.717) is 17.8 Å². The van der Waals surface area contributed by atoms with Crippen LogP contribution in [0.1, 0.15) is 19.8 Å². The van der Waals surface area contributed by atoms with Gasteiger partial charge >= 0.3 is 0 Å². The summed E-state index contributed by atoms with van der Waals surface area (Å²) >= 11 is 1.54. The molecule has 6 heteroatoms. The highest BCUT2D eigenvalue weighted by molar-refractivity contribution is 8.00. The van der Waals surface area contributed by atoms with Crippen molar-refractivity contribution in [2.75, 3.05) is 19.4 Å². The SMILES string of the molecule is COc1cccc(SCC(=O)NC2CCNC(C)C2)c1.Cl. The Labute approximate surface area is 136 Å². The van der Waals surface area contributed by atoms with Gasteiger partial charge in [0.05, 0.1) is 12.9 Å². The van der Waals surface area contributed by atoms with Crippen LogP contribution in [0, 0.1) is 0 Å². The summed E-state index contributed by atoms with van der Waals surface area (Å²) in [4.78, 5) is 13.0. The normalized spacial score (nSPS) is 21.2. The second-order valence-corrected chi connectivity index (χ2v) is 6.16. The van der Waals surface area contributed by atoms with Crippen molar-refractivity contribution in [3.05, 3.63) is 24.3 Å². The van der Waals surface area contributed by atoms with Crippen LogP contribution in [0.15, 0.2) is 29.2 Å². The first-order valence-corrected chi connectivity index (χ1v) is 7.95. The number of rotatable bonds is 5. The van der Waals surface area contributed by atoms with Crippen LogP contribution in [0.5, 0.6) is 5.75 Å². The molecule has 2 rings (SSSR count). The molecule has 2 unspecified atom stereocenters. The molecule has 0 bridgehead atoms. The fourth-order valence-electron chi connectivity index (χ4n) is 2.37. The van der Waals surface area contributed by atoms with E-state index in [0.717, 1.165) is 30.0 Å². The molecule has 0 saturated carbocycles. The Balaban J connectivity index is 0.00000220. The van der Waals surface area contributed by atoms with E-state index in [1.54, 1.807) is 7.11 Å². The number of hydrogen-bond acceptors (Lipinski definition) is 4. The van der Waals surface area contributed by atoms with Crippen LogP contribution in [-0.4, -0.2) is 37.4 Å². The third kappa shape index (κ3) is 6.16. The summed E-state index contributed by atoms with van der Waals surface area (Å²) in [6, 6.07) is 8.58. The Kier molecular flexibility index (Phi) is 7.93. The first-order valence-electron chi connectivity index (χ1n) is 6.97. The van der Waals surface area contributed by atoms with Gasteiger partial charge in [0, 0.05) is 17.0 Å². The van der Waals surface area contributed by atoms with Crippen LogP contribution in [0.2, 0.25) is 0 Å². The van der Waals surface area contributed by atoms with E-state index < -0.39 is 0 Å². The highest BCUT2D eigenvalue weighted by atomic mass is 35.5. The summed E-state index contributed by atoms with van der Waals surface area (Å²) in [7, 11) is 1.65. The van der Waals surface area contributed by atoms with Gasteiger partial charge in [-0.3, -0.25) is 4.79 Å². The van der Waals surface area contributed by atoms with Gasteiger partial charge in [0.15, 0.2) is 0 Å². The zero-order valence-corrected chi connectivity index (χ0v) is 14.1. The third-order valence-corrected chi connectivity index (χ3v) is 4.39. The van der Waals surface area contributed by atoms with E-state index in [1.807, 2.05) is 24.3 Å². The fraction of sp³-hybridized carbons (Fsp3) is 0.533. The van der Waals surface area contributed by atoms with Crippen LogP contribution in [0.3, 0.4) is 0 Å². The minimum atomic E-state index is 0. The Morgan fingerprint density at radius 2 is 2.33 bits per heavy atom. The zero-order valence-electron chi connectivity index (χ0n) is 12.4. The van der Waals surface area contributed by atoms with Gasteiger partial charge in [0.25, 0.3) is 0 Å². The molecule has 21 heavy (non-hydrogen) atoms. The Morgan fingerprint density at radius 3 is 3.05 bits per heavy atom. The molecule has 0 aromatic heterocycles. The molecule has 1 heterocycles. The van der Waals surface area contributed by atoms with E-state index in [1.165, 1.54) is 11.8 Å². The number of carbonyl (C=O) groups is 1. The predicted octanol–water partition coefficient (Wildman–Crippen LogP) is 2.47. The minimum absolute atomic E-state index is 0. The predicted molar refractivity (Wildman–Crippen MR) is 89.6 cm³/mol. The first kappa shape index (κ1) is 18.1. The van der Waals surface area contributed by atoms with Gasteiger partial charge in [-0.15, -0.1) is 24.2 Å². The maximum atomic E-state index is 12.0. The molecule has 1 aliphatic heterocycles. The molecule has 4 nitrogen and oxygen atoms in total. The van der Waals surface area contributed by atoms with Crippen molar-refractivity contribution in [3.8, 4) is 5.75 Å². The largest absolute Gasteiger partial charge is 0.497 e. The van der Waals surface area contributed by atoms with Crippen LogP contribution in [0.4, 0.5) is 0 Å². The van der Waals surface area contributed by atoms with E-state index in [4.69, 9.17) is 4.74 Å². The lowest BCUT2D eigenvalue weighted by Gasteiger charge is -2.28. The Bertz CT molecular complexity index is 459. The molecule has 1 saturated heterocycles. The zero-order chi connectivity index (χ0) is 14.4. The van der Waals surface area contributed by atoms with Crippen molar-refractivity contribution in [2.24, 2.45) is 0 Å². The lowest BCUT2D eigenvalue weighted by Crippen LogP contribution is -2.47. The van der Waals surface area contributed by atoms with Crippen molar-refractivity contribution in [1.82, 2.24) is 10.6 Å². The van der Waals surface area contributed by atoms with Crippen molar-refractivity contribution in [1.29, 1.82) is 0 Å². The standard InChI is InChI=1S/C15H22N2O2S.ClH/c1-11-8-12(6-7-16-11)17-15(18)10-20-14-5-3-4-13(9-14)19-2;/h3-5,9,11-12,16H,6-8,10H2,1-2H3,(H,17,18);1H. The van der Waals surface area contributed by atoms with Crippen LogP contribution >= 0.6 is 24.2 Å². The van der Waals surface area contributed by atoms with Crippen LogP contribution < -0.4 is 15.4 Å². The van der Waals surface area contributed by atoms with E-state index >= 15 is 0 Å². The van der Waals surface area contributed by atoms with Gasteiger partial charge in [-0.1, -0.05) is 6.07 Å². The van der Waals surface area contributed by atoms with Gasteiger partial charge in [-0.25, -0.2) is 0 Å². The van der Waals surface area contributed by atoms with E-state index in [-0.39, 0.29) is 18.3 Å². The number of nitrogens with one attached hydrogen (secondary N) is 2.